The number of hydrogen-bond acceptors (Lipinski definition) is 2. The summed E-state index contributed by atoms with van der Waals surface area (Å²) in [5.41, 5.74) is 7.80. The summed E-state index contributed by atoms with van der Waals surface area (Å²) in [4.78, 5) is 14.5. The highest BCUT2D eigenvalue weighted by Crippen LogP contribution is 2.17. The monoisotopic (exact) mass is 296 g/mol. The van der Waals surface area contributed by atoms with Crippen molar-refractivity contribution in [1.82, 2.24) is 4.90 Å². The van der Waals surface area contributed by atoms with E-state index in [-0.39, 0.29) is 17.9 Å². The van der Waals surface area contributed by atoms with Gasteiger partial charge < -0.3 is 10.6 Å². The number of amides is 1. The third kappa shape index (κ3) is 3.95. The van der Waals surface area contributed by atoms with Gasteiger partial charge in [-0.15, -0.1) is 0 Å². The quantitative estimate of drug-likeness (QED) is 0.891. The topological polar surface area (TPSA) is 46.3 Å². The number of carbonyl (C=O) groups excluding carboxylic acids is 1. The van der Waals surface area contributed by atoms with Crippen LogP contribution < -0.4 is 5.73 Å². The zero-order valence-corrected chi connectivity index (χ0v) is 13.3. The second kappa shape index (κ2) is 7.76. The van der Waals surface area contributed by atoms with Crippen molar-refractivity contribution in [1.29, 1.82) is 0 Å². The first-order valence-electron chi connectivity index (χ1n) is 7.69. The summed E-state index contributed by atoms with van der Waals surface area (Å²) in [6, 6.07) is 19.7. The van der Waals surface area contributed by atoms with Crippen LogP contribution in [0.5, 0.6) is 0 Å². The first-order valence-corrected chi connectivity index (χ1v) is 7.69. The zero-order valence-electron chi connectivity index (χ0n) is 13.3. The minimum Gasteiger partial charge on any atom is -0.338 e. The van der Waals surface area contributed by atoms with E-state index in [1.54, 1.807) is 0 Å². The smallest absolute Gasteiger partial charge is 0.253 e. The van der Waals surface area contributed by atoms with E-state index < -0.39 is 0 Å². The Balaban J connectivity index is 2.19. The maximum absolute atomic E-state index is 12.7. The summed E-state index contributed by atoms with van der Waals surface area (Å²) in [6.45, 7) is 2.66. The van der Waals surface area contributed by atoms with Crippen molar-refractivity contribution in [2.24, 2.45) is 11.7 Å². The largest absolute Gasteiger partial charge is 0.338 e. The van der Waals surface area contributed by atoms with Gasteiger partial charge in [0, 0.05) is 18.7 Å². The molecule has 116 valence electrons. The molecule has 1 amide bonds. The van der Waals surface area contributed by atoms with Gasteiger partial charge in [-0.25, -0.2) is 0 Å². The average Bonchev–Trinajstić information content (AvgIpc) is 2.59. The lowest BCUT2D eigenvalue weighted by molar-refractivity contribution is 0.0684. The van der Waals surface area contributed by atoms with Gasteiger partial charge in [-0.3, -0.25) is 4.79 Å². The number of hydrogen-bond donors (Lipinski definition) is 1. The highest BCUT2D eigenvalue weighted by Gasteiger charge is 2.25. The van der Waals surface area contributed by atoms with Crippen molar-refractivity contribution < 1.29 is 4.79 Å². The molecular weight excluding hydrogens is 272 g/mol. The van der Waals surface area contributed by atoms with Crippen molar-refractivity contribution in [3.8, 4) is 0 Å². The molecule has 2 atom stereocenters. The van der Waals surface area contributed by atoms with Gasteiger partial charge in [-0.1, -0.05) is 55.5 Å². The van der Waals surface area contributed by atoms with Crippen molar-refractivity contribution in [3.63, 3.8) is 0 Å². The van der Waals surface area contributed by atoms with Gasteiger partial charge in [0.15, 0.2) is 0 Å². The second-order valence-corrected chi connectivity index (χ2v) is 5.75. The van der Waals surface area contributed by atoms with Crippen LogP contribution in [-0.2, 0) is 6.42 Å². The van der Waals surface area contributed by atoms with Crippen LogP contribution in [0.3, 0.4) is 0 Å². The molecule has 0 fully saturated rings. The summed E-state index contributed by atoms with van der Waals surface area (Å²) in [6.07, 6.45) is 0.814. The Morgan fingerprint density at radius 1 is 1.05 bits per heavy atom. The van der Waals surface area contributed by atoms with Gasteiger partial charge in [0.25, 0.3) is 5.91 Å². The third-order valence-corrected chi connectivity index (χ3v) is 4.15. The van der Waals surface area contributed by atoms with Gasteiger partial charge in [-0.2, -0.15) is 0 Å². The molecule has 22 heavy (non-hydrogen) atoms. The molecular formula is C19H24N2O. The number of likely N-dealkylation sites (N-methyl/N-ethyl adjacent to an activating group) is 1. The Kier molecular flexibility index (Phi) is 5.73. The molecule has 0 spiro atoms. The van der Waals surface area contributed by atoms with Crippen molar-refractivity contribution >= 4 is 5.91 Å². The van der Waals surface area contributed by atoms with E-state index in [1.165, 1.54) is 5.56 Å². The lowest BCUT2D eigenvalue weighted by Gasteiger charge is -2.33. The Morgan fingerprint density at radius 3 is 2.14 bits per heavy atom. The minimum absolute atomic E-state index is 0.0434. The minimum atomic E-state index is 0.0434. The highest BCUT2D eigenvalue weighted by molar-refractivity contribution is 5.94. The summed E-state index contributed by atoms with van der Waals surface area (Å²) >= 11 is 0. The molecule has 0 aromatic heterocycles. The lowest BCUT2D eigenvalue weighted by atomic mass is 9.93. The molecule has 2 rings (SSSR count). The maximum Gasteiger partial charge on any atom is 0.253 e. The Bertz CT molecular complexity index is 583. The van der Waals surface area contributed by atoms with E-state index in [0.29, 0.717) is 12.1 Å². The molecule has 2 N–H and O–H groups in total. The molecule has 3 nitrogen and oxygen atoms in total. The van der Waals surface area contributed by atoms with E-state index in [2.05, 4.69) is 19.1 Å². The Morgan fingerprint density at radius 2 is 1.59 bits per heavy atom. The number of nitrogens with two attached hydrogens (primary N) is 1. The fraction of sp³-hybridized carbons (Fsp3) is 0.316. The predicted octanol–water partition coefficient (Wildman–Crippen LogP) is 2.96. The second-order valence-electron chi connectivity index (χ2n) is 5.75. The summed E-state index contributed by atoms with van der Waals surface area (Å²) in [7, 11) is 1.87. The van der Waals surface area contributed by atoms with E-state index in [0.717, 1.165) is 6.42 Å². The van der Waals surface area contributed by atoms with E-state index >= 15 is 0 Å². The van der Waals surface area contributed by atoms with E-state index in [4.69, 9.17) is 5.73 Å². The zero-order chi connectivity index (χ0) is 15.9. The van der Waals surface area contributed by atoms with Crippen LogP contribution >= 0.6 is 0 Å². The number of nitrogens with zero attached hydrogens (tertiary/aromatic N) is 1. The fourth-order valence-corrected chi connectivity index (χ4v) is 2.67. The Hall–Kier alpha value is -2.13. The molecule has 0 heterocycles. The van der Waals surface area contributed by atoms with Crippen LogP contribution in [0.2, 0.25) is 0 Å². The molecule has 0 saturated heterocycles. The molecule has 0 saturated carbocycles. The van der Waals surface area contributed by atoms with Crippen LogP contribution in [0, 0.1) is 5.92 Å². The normalized spacial score (nSPS) is 13.4. The highest BCUT2D eigenvalue weighted by atomic mass is 16.2. The molecule has 2 aromatic rings. The van der Waals surface area contributed by atoms with Crippen LogP contribution in [0.15, 0.2) is 60.7 Å². The third-order valence-electron chi connectivity index (χ3n) is 4.15. The molecule has 0 aliphatic carbocycles. The van der Waals surface area contributed by atoms with Gasteiger partial charge in [0.1, 0.15) is 0 Å². The molecule has 0 bridgehead atoms. The molecule has 3 heteroatoms. The maximum atomic E-state index is 12.7. The lowest BCUT2D eigenvalue weighted by Crippen LogP contribution is -2.44. The summed E-state index contributed by atoms with van der Waals surface area (Å²) < 4.78 is 0. The van der Waals surface area contributed by atoms with Gasteiger partial charge in [0.2, 0.25) is 0 Å². The number of benzene rings is 2. The SMILES string of the molecule is C[C@H](CN)[C@H](Cc1ccccc1)N(C)C(=O)c1ccccc1. The van der Waals surface area contributed by atoms with Crippen molar-refractivity contribution in [3.05, 3.63) is 71.8 Å². The van der Waals surface area contributed by atoms with E-state index in [9.17, 15) is 4.79 Å². The fourth-order valence-electron chi connectivity index (χ4n) is 2.67. The Labute approximate surface area is 132 Å². The first-order chi connectivity index (χ1) is 10.6. The predicted molar refractivity (Wildman–Crippen MR) is 90.7 cm³/mol. The van der Waals surface area contributed by atoms with E-state index in [1.807, 2.05) is 60.5 Å². The summed E-state index contributed by atoms with van der Waals surface area (Å²) in [5.74, 6) is 0.277. The standard InChI is InChI=1S/C19H24N2O/c1-15(14-20)18(13-16-9-5-3-6-10-16)21(2)19(22)17-11-7-4-8-12-17/h3-12,15,18H,13-14,20H2,1-2H3/t15-,18+/m1/s1. The van der Waals surface area contributed by atoms with Gasteiger partial charge >= 0.3 is 0 Å². The van der Waals surface area contributed by atoms with Crippen LogP contribution in [0.4, 0.5) is 0 Å². The molecule has 0 radical (unpaired) electrons. The summed E-state index contributed by atoms with van der Waals surface area (Å²) in [5, 5.41) is 0. The average molecular weight is 296 g/mol. The molecule has 0 unspecified atom stereocenters. The molecule has 0 aliphatic heterocycles. The number of rotatable bonds is 6. The van der Waals surface area contributed by atoms with Gasteiger partial charge in [0.05, 0.1) is 0 Å². The molecule has 2 aromatic carbocycles. The van der Waals surface area contributed by atoms with Crippen LogP contribution in [0.1, 0.15) is 22.8 Å². The molecule has 0 aliphatic rings. The van der Waals surface area contributed by atoms with Crippen molar-refractivity contribution in [2.45, 2.75) is 19.4 Å². The van der Waals surface area contributed by atoms with Gasteiger partial charge in [-0.05, 0) is 36.6 Å². The van der Waals surface area contributed by atoms with Crippen molar-refractivity contribution in [2.75, 3.05) is 13.6 Å². The van der Waals surface area contributed by atoms with Crippen LogP contribution in [-0.4, -0.2) is 30.4 Å². The van der Waals surface area contributed by atoms with Crippen LogP contribution in [0.25, 0.3) is 0 Å². The first kappa shape index (κ1) is 16.2. The number of carbonyl (C=O) groups is 1.